The molecule has 0 saturated carbocycles. The first-order valence-corrected chi connectivity index (χ1v) is 5.06. The van der Waals surface area contributed by atoms with Crippen molar-refractivity contribution in [3.05, 3.63) is 35.9 Å². The molecule has 0 aliphatic heterocycles. The molecule has 1 atom stereocenters. The van der Waals surface area contributed by atoms with Gasteiger partial charge in [0.05, 0.1) is 5.54 Å². The number of nitrogens with two attached hydrogens (primary N) is 1. The van der Waals surface area contributed by atoms with E-state index in [-0.39, 0.29) is 5.91 Å². The molecule has 0 radical (unpaired) electrons. The molecule has 1 unspecified atom stereocenters. The van der Waals surface area contributed by atoms with Gasteiger partial charge in [0.25, 0.3) is 0 Å². The van der Waals surface area contributed by atoms with Crippen LogP contribution in [0.25, 0.3) is 0 Å². The molecule has 0 fully saturated rings. The number of amides is 1. The van der Waals surface area contributed by atoms with Crippen molar-refractivity contribution < 1.29 is 4.79 Å². The highest BCUT2D eigenvalue weighted by atomic mass is 16.2. The zero-order valence-electron chi connectivity index (χ0n) is 9.53. The largest absolute Gasteiger partial charge is 0.339 e. The summed E-state index contributed by atoms with van der Waals surface area (Å²) in [5, 5.41) is 2.70. The molecule has 1 amide bonds. The SMILES string of the molecule is C#CC(C)(C)NC(=O)C(N)c1ccccc1. The summed E-state index contributed by atoms with van der Waals surface area (Å²) < 4.78 is 0. The van der Waals surface area contributed by atoms with Crippen LogP contribution in [0, 0.1) is 12.3 Å². The van der Waals surface area contributed by atoms with Gasteiger partial charge in [0, 0.05) is 0 Å². The Labute approximate surface area is 96.0 Å². The van der Waals surface area contributed by atoms with Crippen LogP contribution >= 0.6 is 0 Å². The molecule has 1 aromatic rings. The number of benzene rings is 1. The third-order valence-corrected chi connectivity index (χ3v) is 2.24. The highest BCUT2D eigenvalue weighted by Crippen LogP contribution is 2.11. The lowest BCUT2D eigenvalue weighted by Crippen LogP contribution is -2.46. The Morgan fingerprint density at radius 2 is 2.00 bits per heavy atom. The molecule has 0 spiro atoms. The summed E-state index contributed by atoms with van der Waals surface area (Å²) in [6.45, 7) is 3.51. The topological polar surface area (TPSA) is 55.1 Å². The molecule has 0 aliphatic carbocycles. The van der Waals surface area contributed by atoms with Crippen molar-refractivity contribution in [2.75, 3.05) is 0 Å². The normalized spacial score (nSPS) is 12.6. The van der Waals surface area contributed by atoms with Crippen LogP contribution in [0.5, 0.6) is 0 Å². The molecule has 16 heavy (non-hydrogen) atoms. The monoisotopic (exact) mass is 216 g/mol. The van der Waals surface area contributed by atoms with Crippen LogP contribution in [0.4, 0.5) is 0 Å². The van der Waals surface area contributed by atoms with Crippen LogP contribution in [0.1, 0.15) is 25.5 Å². The molecule has 3 nitrogen and oxygen atoms in total. The Bertz CT molecular complexity index is 404. The van der Waals surface area contributed by atoms with Gasteiger partial charge in [-0.05, 0) is 19.4 Å². The number of hydrogen-bond donors (Lipinski definition) is 2. The van der Waals surface area contributed by atoms with E-state index >= 15 is 0 Å². The summed E-state index contributed by atoms with van der Waals surface area (Å²) in [7, 11) is 0. The summed E-state index contributed by atoms with van der Waals surface area (Å²) >= 11 is 0. The number of hydrogen-bond acceptors (Lipinski definition) is 2. The standard InChI is InChI=1S/C13H16N2O/c1-4-13(2,3)15-12(16)11(14)10-8-6-5-7-9-10/h1,5-9,11H,14H2,2-3H3,(H,15,16). The van der Waals surface area contributed by atoms with E-state index in [1.165, 1.54) is 0 Å². The van der Waals surface area contributed by atoms with E-state index in [2.05, 4.69) is 11.2 Å². The number of rotatable bonds is 3. The Hall–Kier alpha value is -1.79. The minimum atomic E-state index is -0.686. The van der Waals surface area contributed by atoms with Gasteiger partial charge >= 0.3 is 0 Å². The average molecular weight is 216 g/mol. The maximum Gasteiger partial charge on any atom is 0.242 e. The van der Waals surface area contributed by atoms with Gasteiger partial charge in [-0.3, -0.25) is 4.79 Å². The summed E-state index contributed by atoms with van der Waals surface area (Å²) in [5.41, 5.74) is 5.91. The van der Waals surface area contributed by atoms with Crippen molar-refractivity contribution in [3.8, 4) is 12.3 Å². The van der Waals surface area contributed by atoms with Crippen molar-refractivity contribution in [1.82, 2.24) is 5.32 Å². The predicted octanol–water partition coefficient (Wildman–Crippen LogP) is 1.21. The maximum absolute atomic E-state index is 11.8. The Morgan fingerprint density at radius 1 is 1.44 bits per heavy atom. The zero-order chi connectivity index (χ0) is 12.2. The number of carbonyl (C=O) groups excluding carboxylic acids is 1. The summed E-state index contributed by atoms with van der Waals surface area (Å²) in [6, 6.07) is 8.50. The minimum absolute atomic E-state index is 0.269. The molecule has 0 heterocycles. The lowest BCUT2D eigenvalue weighted by atomic mass is 10.0. The number of nitrogens with one attached hydrogen (secondary N) is 1. The predicted molar refractivity (Wildman–Crippen MR) is 64.4 cm³/mol. The van der Waals surface area contributed by atoms with E-state index in [1.54, 1.807) is 13.8 Å². The summed E-state index contributed by atoms with van der Waals surface area (Å²) in [4.78, 5) is 11.8. The summed E-state index contributed by atoms with van der Waals surface area (Å²) in [6.07, 6.45) is 5.29. The van der Waals surface area contributed by atoms with Crippen LogP contribution in [0.2, 0.25) is 0 Å². The Balaban J connectivity index is 2.74. The van der Waals surface area contributed by atoms with E-state index < -0.39 is 11.6 Å². The second kappa shape index (κ2) is 4.82. The fourth-order valence-electron chi connectivity index (χ4n) is 1.23. The van der Waals surface area contributed by atoms with Gasteiger partial charge in [0.15, 0.2) is 0 Å². The highest BCUT2D eigenvalue weighted by molar-refractivity contribution is 5.83. The van der Waals surface area contributed by atoms with Gasteiger partial charge in [0.2, 0.25) is 5.91 Å². The number of terminal acetylenes is 1. The van der Waals surface area contributed by atoms with Gasteiger partial charge in [-0.1, -0.05) is 36.3 Å². The van der Waals surface area contributed by atoms with Crippen molar-refractivity contribution in [1.29, 1.82) is 0 Å². The van der Waals surface area contributed by atoms with Gasteiger partial charge in [-0.2, -0.15) is 0 Å². The minimum Gasteiger partial charge on any atom is -0.339 e. The molecule has 0 saturated heterocycles. The molecule has 0 aliphatic rings. The molecule has 0 aromatic heterocycles. The zero-order valence-corrected chi connectivity index (χ0v) is 9.53. The first kappa shape index (κ1) is 12.3. The van der Waals surface area contributed by atoms with Crippen molar-refractivity contribution in [2.45, 2.75) is 25.4 Å². The lowest BCUT2D eigenvalue weighted by molar-refractivity contribution is -0.123. The molecular formula is C13H16N2O. The van der Waals surface area contributed by atoms with Crippen LogP contribution in [0.3, 0.4) is 0 Å². The molecule has 1 aromatic carbocycles. The highest BCUT2D eigenvalue weighted by Gasteiger charge is 2.22. The van der Waals surface area contributed by atoms with Crippen LogP contribution < -0.4 is 11.1 Å². The molecule has 1 rings (SSSR count). The smallest absolute Gasteiger partial charge is 0.242 e. The first-order valence-electron chi connectivity index (χ1n) is 5.06. The third-order valence-electron chi connectivity index (χ3n) is 2.24. The summed E-state index contributed by atoms with van der Waals surface area (Å²) in [5.74, 6) is 2.22. The lowest BCUT2D eigenvalue weighted by Gasteiger charge is -2.22. The molecular weight excluding hydrogens is 200 g/mol. The van der Waals surface area contributed by atoms with Crippen molar-refractivity contribution >= 4 is 5.91 Å². The van der Waals surface area contributed by atoms with Crippen LogP contribution in [-0.4, -0.2) is 11.4 Å². The van der Waals surface area contributed by atoms with E-state index in [4.69, 9.17) is 12.2 Å². The fourth-order valence-corrected chi connectivity index (χ4v) is 1.23. The molecule has 84 valence electrons. The maximum atomic E-state index is 11.8. The Morgan fingerprint density at radius 3 is 2.50 bits per heavy atom. The fraction of sp³-hybridized carbons (Fsp3) is 0.308. The van der Waals surface area contributed by atoms with Crippen molar-refractivity contribution in [2.24, 2.45) is 5.73 Å². The van der Waals surface area contributed by atoms with E-state index in [0.717, 1.165) is 5.56 Å². The van der Waals surface area contributed by atoms with Crippen LogP contribution in [0.15, 0.2) is 30.3 Å². The second-order valence-corrected chi connectivity index (χ2v) is 4.15. The number of carbonyl (C=O) groups is 1. The second-order valence-electron chi connectivity index (χ2n) is 4.15. The first-order chi connectivity index (χ1) is 7.46. The van der Waals surface area contributed by atoms with Gasteiger partial charge < -0.3 is 11.1 Å². The van der Waals surface area contributed by atoms with Gasteiger partial charge in [-0.15, -0.1) is 6.42 Å². The third kappa shape index (κ3) is 3.11. The molecule has 3 N–H and O–H groups in total. The van der Waals surface area contributed by atoms with Crippen molar-refractivity contribution in [3.63, 3.8) is 0 Å². The van der Waals surface area contributed by atoms with Gasteiger partial charge in [-0.25, -0.2) is 0 Å². The van der Waals surface area contributed by atoms with E-state index in [1.807, 2.05) is 30.3 Å². The quantitative estimate of drug-likeness (QED) is 0.746. The molecule has 3 heteroatoms. The van der Waals surface area contributed by atoms with E-state index in [0.29, 0.717) is 0 Å². The Kier molecular flexibility index (Phi) is 3.70. The molecule has 0 bridgehead atoms. The average Bonchev–Trinajstić information content (AvgIpc) is 2.28. The van der Waals surface area contributed by atoms with Crippen LogP contribution in [-0.2, 0) is 4.79 Å². The van der Waals surface area contributed by atoms with E-state index in [9.17, 15) is 4.79 Å². The van der Waals surface area contributed by atoms with Gasteiger partial charge in [0.1, 0.15) is 6.04 Å².